The Labute approximate surface area is 102 Å². The lowest BCUT2D eigenvalue weighted by atomic mass is 10.4. The van der Waals surface area contributed by atoms with Crippen LogP contribution in [0.5, 0.6) is 0 Å². The molecule has 2 heteroatoms. The summed E-state index contributed by atoms with van der Waals surface area (Å²) >= 11 is 0. The first-order valence-electron chi connectivity index (χ1n) is 5.79. The molecule has 0 unspecified atom stereocenters. The van der Waals surface area contributed by atoms with E-state index in [1.165, 1.54) is 33.1 Å². The summed E-state index contributed by atoms with van der Waals surface area (Å²) in [5.41, 5.74) is 0. The average molecular weight is 244 g/mol. The van der Waals surface area contributed by atoms with Gasteiger partial charge in [-0.15, -0.1) is 0 Å². The minimum Gasteiger partial charge on any atom is -0.0622 e. The van der Waals surface area contributed by atoms with Crippen LogP contribution < -0.4 is 10.6 Å². The van der Waals surface area contributed by atoms with Crippen LogP contribution in [-0.4, -0.2) is 16.4 Å². The molecule has 0 fully saturated rings. The zero-order chi connectivity index (χ0) is 11.2. The highest BCUT2D eigenvalue weighted by Crippen LogP contribution is 2.33. The molecule has 0 aliphatic heterocycles. The van der Waals surface area contributed by atoms with Gasteiger partial charge in [-0.25, -0.2) is 0 Å². The summed E-state index contributed by atoms with van der Waals surface area (Å²) in [6, 6.07) is 23.3. The minimum absolute atomic E-state index is 0.116. The second-order valence-corrected chi connectivity index (χ2v) is 7.16. The first kappa shape index (κ1) is 11.6. The van der Waals surface area contributed by atoms with Crippen molar-refractivity contribution in [2.45, 2.75) is 6.04 Å². The fourth-order valence-electron chi connectivity index (χ4n) is 1.85. The van der Waals surface area contributed by atoms with Crippen molar-refractivity contribution in [2.75, 3.05) is 6.16 Å². The van der Waals surface area contributed by atoms with Gasteiger partial charge in [-0.05, 0) is 24.7 Å². The second-order valence-electron chi connectivity index (χ2n) is 3.82. The maximum absolute atomic E-state index is 2.27. The monoisotopic (exact) mass is 244 g/mol. The van der Waals surface area contributed by atoms with Gasteiger partial charge in [-0.3, -0.25) is 0 Å². The Morgan fingerprint density at radius 1 is 0.750 bits per heavy atom. The van der Waals surface area contributed by atoms with Crippen LogP contribution in [0.2, 0.25) is 6.04 Å². The van der Waals surface area contributed by atoms with E-state index in [1.54, 1.807) is 0 Å². The second kappa shape index (κ2) is 5.98. The van der Waals surface area contributed by atoms with Crippen molar-refractivity contribution in [3.8, 4) is 0 Å². The van der Waals surface area contributed by atoms with Crippen molar-refractivity contribution in [2.24, 2.45) is 0 Å². The van der Waals surface area contributed by atoms with Crippen molar-refractivity contribution < 1.29 is 0 Å². The van der Waals surface area contributed by atoms with Crippen LogP contribution in [0.3, 0.4) is 0 Å². The molecule has 0 atom stereocenters. The van der Waals surface area contributed by atoms with Gasteiger partial charge in [0.05, 0.1) is 0 Å². The molecule has 2 aromatic carbocycles. The van der Waals surface area contributed by atoms with Crippen molar-refractivity contribution in [3.05, 3.63) is 60.7 Å². The van der Waals surface area contributed by atoms with Crippen molar-refractivity contribution in [3.63, 3.8) is 0 Å². The summed E-state index contributed by atoms with van der Waals surface area (Å²) in [7, 11) is 1.19. The van der Waals surface area contributed by atoms with Gasteiger partial charge in [0.25, 0.3) is 0 Å². The number of benzene rings is 2. The Kier molecular flexibility index (Phi) is 4.32. The maximum Gasteiger partial charge on any atom is 0.00327 e. The fourth-order valence-corrected chi connectivity index (χ4v) is 5.51. The van der Waals surface area contributed by atoms with E-state index in [9.17, 15) is 0 Å². The zero-order valence-electron chi connectivity index (χ0n) is 9.63. The van der Waals surface area contributed by atoms with Gasteiger partial charge >= 0.3 is 0 Å². The molecular formula is C14H17PSi. The van der Waals surface area contributed by atoms with Gasteiger partial charge in [0.15, 0.2) is 0 Å². The Bertz CT molecular complexity index is 374. The molecule has 2 aromatic rings. The van der Waals surface area contributed by atoms with E-state index in [-0.39, 0.29) is 7.92 Å². The highest BCUT2D eigenvalue weighted by Gasteiger charge is 2.11. The Morgan fingerprint density at radius 3 is 1.56 bits per heavy atom. The Hall–Kier alpha value is -0.913. The molecule has 16 heavy (non-hydrogen) atoms. The van der Waals surface area contributed by atoms with Crippen molar-refractivity contribution in [1.82, 2.24) is 0 Å². The van der Waals surface area contributed by atoms with Crippen molar-refractivity contribution >= 4 is 28.8 Å². The molecular weight excluding hydrogens is 227 g/mol. The predicted molar refractivity (Wildman–Crippen MR) is 78.7 cm³/mol. The topological polar surface area (TPSA) is 0 Å². The standard InChI is InChI=1S/C14H17PSi/c16-12-11-15(13-7-3-1-4-8-13)14-9-5-2-6-10-14/h1-10H,11-12H2,16H3. The molecule has 0 nitrogen and oxygen atoms in total. The van der Waals surface area contributed by atoms with Crippen LogP contribution in [0.1, 0.15) is 0 Å². The molecule has 0 aliphatic rings. The molecule has 2 rings (SSSR count). The van der Waals surface area contributed by atoms with E-state index in [0.29, 0.717) is 0 Å². The largest absolute Gasteiger partial charge is 0.0622 e. The first-order chi connectivity index (χ1) is 7.92. The SMILES string of the molecule is [SiH3]CCP(c1ccccc1)c1ccccc1. The van der Waals surface area contributed by atoms with Crippen molar-refractivity contribution in [1.29, 1.82) is 0 Å². The lowest BCUT2D eigenvalue weighted by Gasteiger charge is -2.17. The van der Waals surface area contributed by atoms with Crippen LogP contribution in [0.25, 0.3) is 0 Å². The Balaban J connectivity index is 2.31. The number of rotatable bonds is 4. The summed E-state index contributed by atoms with van der Waals surface area (Å²) in [6.45, 7) is 0. The third-order valence-electron chi connectivity index (χ3n) is 2.58. The summed E-state index contributed by atoms with van der Waals surface area (Å²) < 4.78 is 0. The maximum atomic E-state index is 2.27. The van der Waals surface area contributed by atoms with E-state index in [0.717, 1.165) is 0 Å². The van der Waals surface area contributed by atoms with E-state index in [4.69, 9.17) is 0 Å². The first-order valence-corrected chi connectivity index (χ1v) is 8.73. The molecule has 0 radical (unpaired) electrons. The van der Waals surface area contributed by atoms with Gasteiger partial charge in [0.1, 0.15) is 0 Å². The highest BCUT2D eigenvalue weighted by molar-refractivity contribution is 7.73. The van der Waals surface area contributed by atoms with Gasteiger partial charge in [-0.1, -0.05) is 66.7 Å². The van der Waals surface area contributed by atoms with Crippen LogP contribution >= 0.6 is 7.92 Å². The molecule has 0 aromatic heterocycles. The third-order valence-corrected chi connectivity index (χ3v) is 6.66. The number of hydrogen-bond donors (Lipinski definition) is 0. The molecule has 0 saturated carbocycles. The smallest absolute Gasteiger partial charge is 0.00327 e. The van der Waals surface area contributed by atoms with Gasteiger partial charge in [0, 0.05) is 10.2 Å². The number of hydrogen-bond acceptors (Lipinski definition) is 0. The van der Waals surface area contributed by atoms with E-state index in [2.05, 4.69) is 60.7 Å². The Morgan fingerprint density at radius 2 is 1.19 bits per heavy atom. The molecule has 0 saturated heterocycles. The summed E-state index contributed by atoms with van der Waals surface area (Å²) in [6.07, 6.45) is 1.34. The zero-order valence-corrected chi connectivity index (χ0v) is 12.5. The summed E-state index contributed by atoms with van der Waals surface area (Å²) in [5, 5.41) is 3.03. The van der Waals surface area contributed by atoms with E-state index < -0.39 is 0 Å². The average Bonchev–Trinajstić information content (AvgIpc) is 2.38. The molecule has 0 spiro atoms. The molecule has 0 heterocycles. The molecule has 0 aliphatic carbocycles. The lowest BCUT2D eigenvalue weighted by Crippen LogP contribution is -2.13. The van der Waals surface area contributed by atoms with Crippen LogP contribution in [0.4, 0.5) is 0 Å². The highest BCUT2D eigenvalue weighted by atomic mass is 31.1. The van der Waals surface area contributed by atoms with Crippen LogP contribution in [-0.2, 0) is 0 Å². The molecule has 0 bridgehead atoms. The lowest BCUT2D eigenvalue weighted by molar-refractivity contribution is 1.48. The summed E-state index contributed by atoms with van der Waals surface area (Å²) in [5.74, 6) is 0. The fraction of sp³-hybridized carbons (Fsp3) is 0.143. The van der Waals surface area contributed by atoms with Gasteiger partial charge in [-0.2, -0.15) is 0 Å². The molecule has 0 N–H and O–H groups in total. The normalized spacial score (nSPS) is 10.8. The van der Waals surface area contributed by atoms with Gasteiger partial charge in [0.2, 0.25) is 0 Å². The third kappa shape index (κ3) is 2.81. The quantitative estimate of drug-likeness (QED) is 0.569. The molecule has 0 amide bonds. The van der Waals surface area contributed by atoms with Crippen LogP contribution in [0, 0.1) is 0 Å². The van der Waals surface area contributed by atoms with Gasteiger partial charge < -0.3 is 0 Å². The van der Waals surface area contributed by atoms with E-state index in [1.807, 2.05) is 0 Å². The minimum atomic E-state index is -0.116. The van der Waals surface area contributed by atoms with E-state index >= 15 is 0 Å². The molecule has 82 valence electrons. The predicted octanol–water partition coefficient (Wildman–Crippen LogP) is 1.90. The summed E-state index contributed by atoms with van der Waals surface area (Å²) in [4.78, 5) is 0. The van der Waals surface area contributed by atoms with Crippen LogP contribution in [0.15, 0.2) is 60.7 Å².